The molecule has 0 saturated heterocycles. The number of hydrogen-bond acceptors (Lipinski definition) is 5. The van der Waals surface area contributed by atoms with Gasteiger partial charge in [-0.1, -0.05) is 47.0 Å². The minimum atomic E-state index is -4.01. The Morgan fingerprint density at radius 1 is 1.00 bits per heavy atom. The van der Waals surface area contributed by atoms with Gasteiger partial charge in [-0.2, -0.15) is 0 Å². The third-order valence-corrected chi connectivity index (χ3v) is 8.13. The number of nitrogens with one attached hydrogen (secondary N) is 1. The van der Waals surface area contributed by atoms with E-state index in [-0.39, 0.29) is 22.2 Å². The number of nitrogens with zero attached hydrogens (tertiary/aromatic N) is 1. The number of anilines is 1. The van der Waals surface area contributed by atoms with Crippen LogP contribution in [-0.2, 0) is 14.8 Å². The highest BCUT2D eigenvalue weighted by Crippen LogP contribution is 2.32. The monoisotopic (exact) mass is 518 g/mol. The lowest BCUT2D eigenvalue weighted by Crippen LogP contribution is -2.41. The number of carbonyl (C=O) groups is 1. The molecule has 0 bridgehead atoms. The average molecular weight is 519 g/mol. The molecule has 0 heterocycles. The zero-order chi connectivity index (χ0) is 24.7. The summed E-state index contributed by atoms with van der Waals surface area (Å²) in [6.07, 6.45) is 0. The molecule has 0 fully saturated rings. The normalized spacial score (nSPS) is 11.2. The molecule has 0 saturated carbocycles. The minimum Gasteiger partial charge on any atom is -0.495 e. The van der Waals surface area contributed by atoms with Crippen molar-refractivity contribution in [2.24, 2.45) is 0 Å². The summed E-state index contributed by atoms with van der Waals surface area (Å²) in [5, 5.41) is 3.06. The van der Waals surface area contributed by atoms with Crippen LogP contribution in [-0.4, -0.2) is 40.3 Å². The van der Waals surface area contributed by atoms with Gasteiger partial charge in [-0.25, -0.2) is 8.42 Å². The Morgan fingerprint density at radius 2 is 1.62 bits per heavy atom. The lowest BCUT2D eigenvalue weighted by molar-refractivity contribution is -0.119. The quantitative estimate of drug-likeness (QED) is 0.299. The molecule has 9 heteroatoms. The Kier molecular flexibility index (Phi) is 8.88. The molecule has 0 atom stereocenters. The van der Waals surface area contributed by atoms with E-state index in [1.54, 1.807) is 36.0 Å². The van der Waals surface area contributed by atoms with Crippen molar-refractivity contribution in [2.45, 2.75) is 23.6 Å². The van der Waals surface area contributed by atoms with Crippen LogP contribution in [0.1, 0.15) is 11.1 Å². The largest absolute Gasteiger partial charge is 0.495 e. The van der Waals surface area contributed by atoms with Crippen molar-refractivity contribution in [3.05, 3.63) is 82.9 Å². The number of thioether (sulfide) groups is 1. The summed E-state index contributed by atoms with van der Waals surface area (Å²) in [6.45, 7) is 3.92. The van der Waals surface area contributed by atoms with Crippen molar-refractivity contribution in [1.29, 1.82) is 0 Å². The highest BCUT2D eigenvalue weighted by molar-refractivity contribution is 7.99. The van der Waals surface area contributed by atoms with Gasteiger partial charge >= 0.3 is 0 Å². The SMILES string of the molecule is COc1ccc(N(CC(=O)NCCSc2ccc(C)cc2)S(=O)(=O)c2ccc(C)cc2)cc1Cl. The number of amides is 1. The zero-order valence-corrected chi connectivity index (χ0v) is 21.6. The second-order valence-electron chi connectivity index (χ2n) is 7.66. The number of rotatable bonds is 10. The summed E-state index contributed by atoms with van der Waals surface area (Å²) in [6, 6.07) is 19.2. The maximum atomic E-state index is 13.5. The number of halogens is 1. The Hall–Kier alpha value is -2.68. The number of carbonyl (C=O) groups excluding carboxylic acids is 1. The van der Waals surface area contributed by atoms with E-state index in [9.17, 15) is 13.2 Å². The van der Waals surface area contributed by atoms with Crippen LogP contribution in [0.3, 0.4) is 0 Å². The van der Waals surface area contributed by atoms with Crippen LogP contribution < -0.4 is 14.4 Å². The van der Waals surface area contributed by atoms with Crippen molar-refractivity contribution < 1.29 is 17.9 Å². The third-order valence-electron chi connectivity index (χ3n) is 5.03. The Morgan fingerprint density at radius 3 is 2.21 bits per heavy atom. The lowest BCUT2D eigenvalue weighted by atomic mass is 10.2. The van der Waals surface area contributed by atoms with Gasteiger partial charge in [0.1, 0.15) is 12.3 Å². The number of methoxy groups -OCH3 is 1. The summed E-state index contributed by atoms with van der Waals surface area (Å²) in [5.41, 5.74) is 2.39. The number of aryl methyl sites for hydroxylation is 2. The van der Waals surface area contributed by atoms with E-state index in [0.29, 0.717) is 18.0 Å². The predicted octanol–water partition coefficient (Wildman–Crippen LogP) is 5.07. The fourth-order valence-electron chi connectivity index (χ4n) is 3.14. The second-order valence-corrected chi connectivity index (χ2v) is 11.1. The van der Waals surface area contributed by atoms with Gasteiger partial charge in [-0.05, 0) is 56.3 Å². The van der Waals surface area contributed by atoms with Crippen LogP contribution in [0.15, 0.2) is 76.5 Å². The smallest absolute Gasteiger partial charge is 0.264 e. The molecule has 0 aliphatic rings. The zero-order valence-electron chi connectivity index (χ0n) is 19.2. The first-order valence-electron chi connectivity index (χ1n) is 10.6. The van der Waals surface area contributed by atoms with Crippen molar-refractivity contribution in [3.8, 4) is 5.75 Å². The molecule has 34 heavy (non-hydrogen) atoms. The van der Waals surface area contributed by atoms with Crippen molar-refractivity contribution >= 4 is 45.0 Å². The van der Waals surface area contributed by atoms with Gasteiger partial charge in [0.05, 0.1) is 22.7 Å². The molecular formula is C25H27ClN2O4S2. The van der Waals surface area contributed by atoms with E-state index in [0.717, 1.165) is 14.8 Å². The number of ether oxygens (including phenoxy) is 1. The van der Waals surface area contributed by atoms with Crippen LogP contribution in [0.5, 0.6) is 5.75 Å². The van der Waals surface area contributed by atoms with Crippen molar-refractivity contribution in [3.63, 3.8) is 0 Å². The highest BCUT2D eigenvalue weighted by atomic mass is 35.5. The van der Waals surface area contributed by atoms with Crippen LogP contribution in [0.2, 0.25) is 5.02 Å². The topological polar surface area (TPSA) is 75.7 Å². The molecule has 0 aromatic heterocycles. The third kappa shape index (κ3) is 6.68. The molecule has 0 unspecified atom stereocenters. The van der Waals surface area contributed by atoms with Crippen molar-refractivity contribution in [1.82, 2.24) is 5.32 Å². The molecule has 0 aliphatic carbocycles. The first-order chi connectivity index (χ1) is 16.2. The molecule has 0 spiro atoms. The van der Waals surface area contributed by atoms with E-state index in [1.807, 2.05) is 38.1 Å². The van der Waals surface area contributed by atoms with Crippen LogP contribution >= 0.6 is 23.4 Å². The summed E-state index contributed by atoms with van der Waals surface area (Å²) in [5.74, 6) is 0.663. The molecule has 0 radical (unpaired) electrons. The molecule has 180 valence electrons. The Bertz CT molecular complexity index is 1230. The standard InChI is InChI=1S/C25H27ClN2O4S2/c1-18-4-9-21(10-5-18)33-15-14-27-25(29)17-28(20-8-13-24(32-3)23(26)16-20)34(30,31)22-11-6-19(2)7-12-22/h4-13,16H,14-15,17H2,1-3H3,(H,27,29). The maximum absolute atomic E-state index is 13.5. The molecule has 0 aliphatic heterocycles. The van der Waals surface area contributed by atoms with Gasteiger partial charge in [-0.15, -0.1) is 11.8 Å². The highest BCUT2D eigenvalue weighted by Gasteiger charge is 2.27. The van der Waals surface area contributed by atoms with Gasteiger partial charge < -0.3 is 10.1 Å². The van der Waals surface area contributed by atoms with Gasteiger partial charge in [0.15, 0.2) is 0 Å². The molecule has 3 rings (SSSR count). The van der Waals surface area contributed by atoms with E-state index < -0.39 is 15.9 Å². The molecule has 1 N–H and O–H groups in total. The lowest BCUT2D eigenvalue weighted by Gasteiger charge is -2.24. The fourth-order valence-corrected chi connectivity index (χ4v) is 5.58. The predicted molar refractivity (Wildman–Crippen MR) is 139 cm³/mol. The summed E-state index contributed by atoms with van der Waals surface area (Å²) < 4.78 is 33.1. The molecule has 6 nitrogen and oxygen atoms in total. The van der Waals surface area contributed by atoms with Crippen LogP contribution in [0.4, 0.5) is 5.69 Å². The van der Waals surface area contributed by atoms with Crippen LogP contribution in [0.25, 0.3) is 0 Å². The first-order valence-corrected chi connectivity index (χ1v) is 13.4. The molecule has 1 amide bonds. The van der Waals surface area contributed by atoms with E-state index in [2.05, 4.69) is 5.32 Å². The van der Waals surface area contributed by atoms with Gasteiger partial charge in [0.2, 0.25) is 5.91 Å². The van der Waals surface area contributed by atoms with Gasteiger partial charge in [0.25, 0.3) is 10.0 Å². The Balaban J connectivity index is 1.75. The number of sulfonamides is 1. The average Bonchev–Trinajstić information content (AvgIpc) is 2.81. The maximum Gasteiger partial charge on any atom is 0.264 e. The van der Waals surface area contributed by atoms with E-state index in [4.69, 9.17) is 16.3 Å². The van der Waals surface area contributed by atoms with Gasteiger partial charge in [0, 0.05) is 17.2 Å². The summed E-state index contributed by atoms with van der Waals surface area (Å²) >= 11 is 7.87. The minimum absolute atomic E-state index is 0.0905. The molecular weight excluding hydrogens is 492 g/mol. The number of benzene rings is 3. The van der Waals surface area contributed by atoms with Gasteiger partial charge in [-0.3, -0.25) is 9.10 Å². The summed E-state index contributed by atoms with van der Waals surface area (Å²) in [7, 11) is -2.54. The van der Waals surface area contributed by atoms with E-state index in [1.165, 1.54) is 30.9 Å². The Labute approximate surface area is 210 Å². The van der Waals surface area contributed by atoms with E-state index >= 15 is 0 Å². The molecule has 3 aromatic rings. The van der Waals surface area contributed by atoms with Crippen molar-refractivity contribution in [2.75, 3.05) is 30.3 Å². The second kappa shape index (κ2) is 11.6. The van der Waals surface area contributed by atoms with Crippen LogP contribution in [0, 0.1) is 13.8 Å². The molecule has 3 aromatic carbocycles. The fraction of sp³-hybridized carbons (Fsp3) is 0.240. The number of hydrogen-bond donors (Lipinski definition) is 1. The summed E-state index contributed by atoms with van der Waals surface area (Å²) in [4.78, 5) is 13.9. The first kappa shape index (κ1) is 25.9.